The van der Waals surface area contributed by atoms with Crippen molar-refractivity contribution < 1.29 is 4.42 Å². The fraction of sp³-hybridized carbons (Fsp3) is 0.182. The van der Waals surface area contributed by atoms with Gasteiger partial charge in [-0.2, -0.15) is 0 Å². The van der Waals surface area contributed by atoms with E-state index in [-0.39, 0.29) is 0 Å². The second-order valence-corrected chi connectivity index (χ2v) is 2.49. The summed E-state index contributed by atoms with van der Waals surface area (Å²) in [6, 6.07) is 0. The van der Waals surface area contributed by atoms with Crippen molar-refractivity contribution in [2.45, 2.75) is 13.8 Å². The molecular weight excluding hydrogens is 162 g/mol. The zero-order chi connectivity index (χ0) is 9.52. The molecule has 0 aliphatic rings. The number of hydrogen-bond acceptors (Lipinski definition) is 2. The number of nitrogens with zero attached hydrogens (tertiary/aromatic N) is 1. The lowest BCUT2D eigenvalue weighted by Gasteiger charge is -1.92. The van der Waals surface area contributed by atoms with Crippen molar-refractivity contribution in [1.29, 1.82) is 0 Å². The Balaban J connectivity index is 2.93. The average Bonchev–Trinajstić information content (AvgIpc) is 2.65. The minimum absolute atomic E-state index is 0.649. The van der Waals surface area contributed by atoms with Gasteiger partial charge in [0.15, 0.2) is 0 Å². The molecule has 68 valence electrons. The Morgan fingerprint density at radius 1 is 1.38 bits per heavy atom. The smallest absolute Gasteiger partial charge is 0.225 e. The summed E-state index contributed by atoms with van der Waals surface area (Å²) in [7, 11) is 0. The maximum absolute atomic E-state index is 5.18. The Labute approximate surface area is 78.3 Å². The van der Waals surface area contributed by atoms with Gasteiger partial charge in [0.25, 0.3) is 0 Å². The first-order valence-corrected chi connectivity index (χ1v) is 4.24. The normalized spacial score (nSPS) is 13.2. The summed E-state index contributed by atoms with van der Waals surface area (Å²) in [5.41, 5.74) is 0.977. The summed E-state index contributed by atoms with van der Waals surface area (Å²) < 4.78 is 5.18. The summed E-state index contributed by atoms with van der Waals surface area (Å²) >= 11 is 0. The van der Waals surface area contributed by atoms with Crippen LogP contribution in [-0.4, -0.2) is 4.98 Å². The quantitative estimate of drug-likeness (QED) is 0.659. The van der Waals surface area contributed by atoms with Crippen LogP contribution in [0, 0.1) is 0 Å². The third-order valence-electron chi connectivity index (χ3n) is 1.49. The number of rotatable bonds is 3. The lowest BCUT2D eigenvalue weighted by atomic mass is 10.2. The molecule has 1 aromatic heterocycles. The van der Waals surface area contributed by atoms with Gasteiger partial charge in [-0.25, -0.2) is 4.98 Å². The fourth-order valence-corrected chi connectivity index (χ4v) is 0.944. The minimum atomic E-state index is 0.649. The molecule has 1 rings (SSSR count). The molecule has 0 amide bonds. The van der Waals surface area contributed by atoms with Crippen LogP contribution in [0.3, 0.4) is 0 Å². The van der Waals surface area contributed by atoms with Gasteiger partial charge < -0.3 is 4.42 Å². The molecule has 0 saturated heterocycles. The number of allylic oxidation sites excluding steroid dienone is 6. The van der Waals surface area contributed by atoms with Gasteiger partial charge in [-0.05, 0) is 19.9 Å². The van der Waals surface area contributed by atoms with Crippen molar-refractivity contribution in [2.75, 3.05) is 0 Å². The molecule has 0 spiro atoms. The van der Waals surface area contributed by atoms with Crippen LogP contribution in [0.2, 0.25) is 0 Å². The second-order valence-electron chi connectivity index (χ2n) is 2.49. The van der Waals surface area contributed by atoms with Gasteiger partial charge in [0.1, 0.15) is 6.26 Å². The minimum Gasteiger partial charge on any atom is -0.445 e. The fourth-order valence-electron chi connectivity index (χ4n) is 0.944. The summed E-state index contributed by atoms with van der Waals surface area (Å²) in [6.07, 6.45) is 13.0. The third-order valence-corrected chi connectivity index (χ3v) is 1.49. The second kappa shape index (κ2) is 5.14. The molecule has 1 heterocycles. The Hall–Kier alpha value is -1.57. The van der Waals surface area contributed by atoms with E-state index in [1.54, 1.807) is 12.5 Å². The number of aromatic nitrogens is 1. The molecule has 13 heavy (non-hydrogen) atoms. The van der Waals surface area contributed by atoms with Gasteiger partial charge in [0, 0.05) is 5.57 Å². The van der Waals surface area contributed by atoms with Crippen molar-refractivity contribution in [1.82, 2.24) is 4.98 Å². The molecule has 0 N–H and O–H groups in total. The summed E-state index contributed by atoms with van der Waals surface area (Å²) in [4.78, 5) is 4.07. The van der Waals surface area contributed by atoms with E-state index in [4.69, 9.17) is 4.42 Å². The Bertz CT molecular complexity index is 318. The SMILES string of the molecule is C\C=C/C=C(\C=C/C)c1ncco1. The zero-order valence-corrected chi connectivity index (χ0v) is 7.90. The first-order valence-electron chi connectivity index (χ1n) is 4.24. The largest absolute Gasteiger partial charge is 0.445 e. The van der Waals surface area contributed by atoms with Crippen LogP contribution < -0.4 is 0 Å². The highest BCUT2D eigenvalue weighted by molar-refractivity contribution is 5.69. The summed E-state index contributed by atoms with van der Waals surface area (Å²) in [6.45, 7) is 3.94. The van der Waals surface area contributed by atoms with E-state index in [9.17, 15) is 0 Å². The third kappa shape index (κ3) is 2.75. The lowest BCUT2D eigenvalue weighted by Crippen LogP contribution is -1.78. The maximum atomic E-state index is 5.18. The molecule has 0 radical (unpaired) electrons. The highest BCUT2D eigenvalue weighted by Gasteiger charge is 1.99. The van der Waals surface area contributed by atoms with Crippen LogP contribution in [0.5, 0.6) is 0 Å². The molecular formula is C11H13NO. The standard InChI is InChI=1S/C11H13NO/c1-3-5-7-10(6-4-2)11-12-8-9-13-11/h3-9H,1-2H3/b5-3-,6-4-,10-7+. The van der Waals surface area contributed by atoms with Gasteiger partial charge in [-0.3, -0.25) is 0 Å². The first kappa shape index (κ1) is 9.52. The van der Waals surface area contributed by atoms with E-state index in [0.717, 1.165) is 5.57 Å². The van der Waals surface area contributed by atoms with Crippen molar-refractivity contribution in [3.05, 3.63) is 48.7 Å². The number of oxazole rings is 1. The van der Waals surface area contributed by atoms with Crippen LogP contribution >= 0.6 is 0 Å². The number of hydrogen-bond donors (Lipinski definition) is 0. The Morgan fingerprint density at radius 3 is 2.77 bits per heavy atom. The van der Waals surface area contributed by atoms with Crippen LogP contribution in [0.25, 0.3) is 5.57 Å². The van der Waals surface area contributed by atoms with Crippen molar-refractivity contribution in [2.24, 2.45) is 0 Å². The first-order chi connectivity index (χ1) is 6.38. The zero-order valence-electron chi connectivity index (χ0n) is 7.90. The molecule has 0 aromatic carbocycles. The van der Waals surface area contributed by atoms with Gasteiger partial charge in [0.05, 0.1) is 6.20 Å². The van der Waals surface area contributed by atoms with Crippen LogP contribution in [0.15, 0.2) is 47.3 Å². The monoisotopic (exact) mass is 175 g/mol. The Kier molecular flexibility index (Phi) is 3.76. The molecule has 0 unspecified atom stereocenters. The van der Waals surface area contributed by atoms with Gasteiger partial charge in [-0.15, -0.1) is 0 Å². The summed E-state index contributed by atoms with van der Waals surface area (Å²) in [5, 5.41) is 0. The predicted molar refractivity (Wildman–Crippen MR) is 54.1 cm³/mol. The molecule has 1 aromatic rings. The maximum Gasteiger partial charge on any atom is 0.225 e. The van der Waals surface area contributed by atoms with Gasteiger partial charge in [-0.1, -0.05) is 24.3 Å². The van der Waals surface area contributed by atoms with E-state index < -0.39 is 0 Å². The lowest BCUT2D eigenvalue weighted by molar-refractivity contribution is 0.543. The van der Waals surface area contributed by atoms with E-state index >= 15 is 0 Å². The van der Waals surface area contributed by atoms with Crippen molar-refractivity contribution >= 4 is 5.57 Å². The molecule has 0 fully saturated rings. The van der Waals surface area contributed by atoms with Crippen molar-refractivity contribution in [3.63, 3.8) is 0 Å². The Morgan fingerprint density at radius 2 is 2.23 bits per heavy atom. The van der Waals surface area contributed by atoms with Crippen molar-refractivity contribution in [3.8, 4) is 0 Å². The van der Waals surface area contributed by atoms with Gasteiger partial charge >= 0.3 is 0 Å². The van der Waals surface area contributed by atoms with E-state index in [0.29, 0.717) is 5.89 Å². The van der Waals surface area contributed by atoms with Crippen LogP contribution in [0.1, 0.15) is 19.7 Å². The molecule has 2 nitrogen and oxygen atoms in total. The molecule has 2 heteroatoms. The molecule has 0 aliphatic heterocycles. The van der Waals surface area contributed by atoms with Crippen LogP contribution in [-0.2, 0) is 0 Å². The van der Waals surface area contributed by atoms with Gasteiger partial charge in [0.2, 0.25) is 5.89 Å². The van der Waals surface area contributed by atoms with E-state index in [2.05, 4.69) is 4.98 Å². The molecule has 0 saturated carbocycles. The molecule has 0 atom stereocenters. The van der Waals surface area contributed by atoms with E-state index in [1.165, 1.54) is 0 Å². The summed E-state index contributed by atoms with van der Waals surface area (Å²) in [5.74, 6) is 0.649. The topological polar surface area (TPSA) is 26.0 Å². The highest BCUT2D eigenvalue weighted by Crippen LogP contribution is 2.13. The average molecular weight is 175 g/mol. The van der Waals surface area contributed by atoms with Crippen LogP contribution in [0.4, 0.5) is 0 Å². The molecule has 0 aliphatic carbocycles. The highest BCUT2D eigenvalue weighted by atomic mass is 16.3. The van der Waals surface area contributed by atoms with E-state index in [1.807, 2.05) is 44.2 Å². The molecule has 0 bridgehead atoms. The predicted octanol–water partition coefficient (Wildman–Crippen LogP) is 3.21.